The summed E-state index contributed by atoms with van der Waals surface area (Å²) in [7, 11) is 0. The molecule has 1 atom stereocenters. The SMILES string of the molecule is CCc1ccc(N2C(=O)Nc3ccccc3C2(O)C(=O)NCc2ccccc2)cc1. The predicted octanol–water partition coefficient (Wildman–Crippen LogP) is 3.76. The molecule has 4 rings (SSSR count). The summed E-state index contributed by atoms with van der Waals surface area (Å²) in [6.45, 7) is 2.26. The van der Waals surface area contributed by atoms with E-state index in [1.165, 1.54) is 0 Å². The zero-order valence-corrected chi connectivity index (χ0v) is 16.6. The van der Waals surface area contributed by atoms with Gasteiger partial charge in [-0.05, 0) is 35.7 Å². The summed E-state index contributed by atoms with van der Waals surface area (Å²) in [6, 6.07) is 22.8. The number of aliphatic hydroxyl groups is 1. The van der Waals surface area contributed by atoms with Gasteiger partial charge in [-0.1, -0.05) is 67.6 Å². The summed E-state index contributed by atoms with van der Waals surface area (Å²) >= 11 is 0. The highest BCUT2D eigenvalue weighted by Crippen LogP contribution is 2.39. The molecule has 0 saturated carbocycles. The van der Waals surface area contributed by atoms with Crippen LogP contribution in [0.15, 0.2) is 78.9 Å². The fourth-order valence-electron chi connectivity index (χ4n) is 3.64. The molecule has 0 aromatic heterocycles. The minimum atomic E-state index is -2.19. The van der Waals surface area contributed by atoms with E-state index in [1.54, 1.807) is 36.4 Å². The molecule has 0 radical (unpaired) electrons. The Kier molecular flexibility index (Phi) is 5.25. The van der Waals surface area contributed by atoms with Crippen LogP contribution in [0.3, 0.4) is 0 Å². The highest BCUT2D eigenvalue weighted by Gasteiger charge is 2.51. The van der Waals surface area contributed by atoms with Gasteiger partial charge in [0.1, 0.15) is 0 Å². The van der Waals surface area contributed by atoms with Crippen LogP contribution in [0.4, 0.5) is 16.2 Å². The Bertz CT molecular complexity index is 1070. The van der Waals surface area contributed by atoms with Gasteiger partial charge in [-0.25, -0.2) is 4.79 Å². The Morgan fingerprint density at radius 2 is 1.63 bits per heavy atom. The number of benzene rings is 3. The molecule has 1 aliphatic rings. The van der Waals surface area contributed by atoms with Crippen LogP contribution in [0.2, 0.25) is 0 Å². The number of fused-ring (bicyclic) bond motifs is 1. The zero-order valence-electron chi connectivity index (χ0n) is 16.6. The Balaban J connectivity index is 1.75. The van der Waals surface area contributed by atoms with E-state index >= 15 is 0 Å². The van der Waals surface area contributed by atoms with Crippen molar-refractivity contribution in [2.24, 2.45) is 0 Å². The maximum atomic E-state index is 13.3. The first-order valence-electron chi connectivity index (χ1n) is 9.88. The van der Waals surface area contributed by atoms with E-state index in [4.69, 9.17) is 0 Å². The van der Waals surface area contributed by atoms with E-state index in [0.29, 0.717) is 16.9 Å². The number of hydrogen-bond donors (Lipinski definition) is 3. The molecule has 0 spiro atoms. The number of rotatable bonds is 5. The topological polar surface area (TPSA) is 81.7 Å². The largest absolute Gasteiger partial charge is 0.359 e. The molecule has 3 amide bonds. The van der Waals surface area contributed by atoms with Crippen LogP contribution in [-0.2, 0) is 23.5 Å². The molecule has 0 fully saturated rings. The Morgan fingerprint density at radius 1 is 0.967 bits per heavy atom. The van der Waals surface area contributed by atoms with Gasteiger partial charge in [-0.15, -0.1) is 0 Å². The van der Waals surface area contributed by atoms with Crippen molar-refractivity contribution in [2.45, 2.75) is 25.6 Å². The number of anilines is 2. The molecular weight excluding hydrogens is 378 g/mol. The molecule has 3 aromatic rings. The highest BCUT2D eigenvalue weighted by atomic mass is 16.3. The zero-order chi connectivity index (χ0) is 21.1. The molecule has 3 aromatic carbocycles. The molecule has 0 aliphatic carbocycles. The molecule has 152 valence electrons. The summed E-state index contributed by atoms with van der Waals surface area (Å²) in [5.74, 6) is -0.673. The molecule has 0 bridgehead atoms. The van der Waals surface area contributed by atoms with Gasteiger partial charge >= 0.3 is 6.03 Å². The van der Waals surface area contributed by atoms with Crippen molar-refractivity contribution >= 4 is 23.3 Å². The molecule has 6 heteroatoms. The van der Waals surface area contributed by atoms with Crippen molar-refractivity contribution < 1.29 is 14.7 Å². The summed E-state index contributed by atoms with van der Waals surface area (Å²) in [5, 5.41) is 17.3. The molecule has 1 heterocycles. The second-order valence-corrected chi connectivity index (χ2v) is 7.17. The monoisotopic (exact) mass is 401 g/mol. The lowest BCUT2D eigenvalue weighted by atomic mass is 9.94. The van der Waals surface area contributed by atoms with Gasteiger partial charge < -0.3 is 15.7 Å². The van der Waals surface area contributed by atoms with Crippen molar-refractivity contribution in [3.8, 4) is 0 Å². The number of carbonyl (C=O) groups is 2. The predicted molar refractivity (Wildman–Crippen MR) is 116 cm³/mol. The standard InChI is InChI=1S/C24H23N3O3/c1-2-17-12-14-19(15-13-17)27-23(29)26-21-11-7-6-10-20(21)24(27,30)22(28)25-16-18-8-4-3-5-9-18/h3-15,30H,2,16H2,1H3,(H,25,28)(H,26,29). The fourth-order valence-corrected chi connectivity index (χ4v) is 3.64. The first kappa shape index (κ1) is 19.7. The van der Waals surface area contributed by atoms with Gasteiger partial charge in [-0.3, -0.25) is 9.69 Å². The van der Waals surface area contributed by atoms with E-state index in [9.17, 15) is 14.7 Å². The van der Waals surface area contributed by atoms with E-state index in [0.717, 1.165) is 22.4 Å². The van der Waals surface area contributed by atoms with Crippen LogP contribution in [0.5, 0.6) is 0 Å². The van der Waals surface area contributed by atoms with Crippen LogP contribution >= 0.6 is 0 Å². The maximum Gasteiger partial charge on any atom is 0.329 e. The average Bonchev–Trinajstić information content (AvgIpc) is 2.78. The Hall–Kier alpha value is -3.64. The Morgan fingerprint density at radius 3 is 2.33 bits per heavy atom. The average molecular weight is 401 g/mol. The van der Waals surface area contributed by atoms with Gasteiger partial charge in [0.25, 0.3) is 11.6 Å². The summed E-state index contributed by atoms with van der Waals surface area (Å²) in [5.41, 5.74) is 0.935. The minimum Gasteiger partial charge on any atom is -0.359 e. The first-order chi connectivity index (χ1) is 14.5. The van der Waals surface area contributed by atoms with Gasteiger partial charge in [0.05, 0.1) is 5.69 Å². The molecule has 3 N–H and O–H groups in total. The second-order valence-electron chi connectivity index (χ2n) is 7.17. The summed E-state index contributed by atoms with van der Waals surface area (Å²) in [4.78, 5) is 27.4. The molecule has 1 aliphatic heterocycles. The number of hydrogen-bond acceptors (Lipinski definition) is 3. The van der Waals surface area contributed by atoms with Crippen LogP contribution < -0.4 is 15.5 Å². The van der Waals surface area contributed by atoms with Crippen LogP contribution in [-0.4, -0.2) is 17.0 Å². The fraction of sp³-hybridized carbons (Fsp3) is 0.167. The molecule has 30 heavy (non-hydrogen) atoms. The summed E-state index contributed by atoms with van der Waals surface area (Å²) in [6.07, 6.45) is 0.844. The normalized spacial score (nSPS) is 17.8. The number of para-hydroxylation sites is 1. The van der Waals surface area contributed by atoms with Crippen LogP contribution in [0.1, 0.15) is 23.6 Å². The third-order valence-electron chi connectivity index (χ3n) is 5.29. The van der Waals surface area contributed by atoms with Crippen molar-refractivity contribution in [1.29, 1.82) is 0 Å². The summed E-state index contributed by atoms with van der Waals surface area (Å²) < 4.78 is 0. The molecular formula is C24H23N3O3. The number of carbonyl (C=O) groups excluding carboxylic acids is 2. The first-order valence-corrected chi connectivity index (χ1v) is 9.88. The van der Waals surface area contributed by atoms with Gasteiger partial charge in [-0.2, -0.15) is 0 Å². The lowest BCUT2D eigenvalue weighted by molar-refractivity contribution is -0.140. The van der Waals surface area contributed by atoms with Crippen molar-refractivity contribution in [3.05, 3.63) is 95.6 Å². The second kappa shape index (κ2) is 8.00. The van der Waals surface area contributed by atoms with Crippen LogP contribution in [0.25, 0.3) is 0 Å². The number of urea groups is 1. The number of nitrogens with one attached hydrogen (secondary N) is 2. The van der Waals surface area contributed by atoms with E-state index in [-0.39, 0.29) is 6.54 Å². The number of nitrogens with zero attached hydrogens (tertiary/aromatic N) is 1. The number of amides is 3. The van der Waals surface area contributed by atoms with Gasteiger partial charge in [0.2, 0.25) is 0 Å². The third kappa shape index (κ3) is 3.42. The lowest BCUT2D eigenvalue weighted by Gasteiger charge is -2.42. The van der Waals surface area contributed by atoms with Crippen molar-refractivity contribution in [2.75, 3.05) is 10.2 Å². The lowest BCUT2D eigenvalue weighted by Crippen LogP contribution is -2.62. The molecule has 1 unspecified atom stereocenters. The van der Waals surface area contributed by atoms with Crippen molar-refractivity contribution in [1.82, 2.24) is 5.32 Å². The third-order valence-corrected chi connectivity index (χ3v) is 5.29. The van der Waals surface area contributed by atoms with Gasteiger partial charge in [0, 0.05) is 17.8 Å². The van der Waals surface area contributed by atoms with Crippen LogP contribution in [0, 0.1) is 0 Å². The van der Waals surface area contributed by atoms with E-state index in [2.05, 4.69) is 10.6 Å². The van der Waals surface area contributed by atoms with E-state index < -0.39 is 17.7 Å². The molecule has 0 saturated heterocycles. The Labute approximate surface area is 175 Å². The van der Waals surface area contributed by atoms with Crippen molar-refractivity contribution in [3.63, 3.8) is 0 Å². The minimum absolute atomic E-state index is 0.231. The van der Waals surface area contributed by atoms with Gasteiger partial charge in [0.15, 0.2) is 0 Å². The quantitative estimate of drug-likeness (QED) is 0.609. The van der Waals surface area contributed by atoms with E-state index in [1.807, 2.05) is 49.4 Å². The maximum absolute atomic E-state index is 13.3. The smallest absolute Gasteiger partial charge is 0.329 e. The molecule has 6 nitrogen and oxygen atoms in total. The highest BCUT2D eigenvalue weighted by molar-refractivity contribution is 6.11. The number of aryl methyl sites for hydroxylation is 1.